The molecule has 7 heteroatoms. The lowest BCUT2D eigenvalue weighted by molar-refractivity contribution is 0.00289. The van der Waals surface area contributed by atoms with E-state index < -0.39 is 0 Å². The van der Waals surface area contributed by atoms with E-state index in [1.807, 2.05) is 18.4 Å². The number of hydrogen-bond donors (Lipinski definition) is 2. The summed E-state index contributed by atoms with van der Waals surface area (Å²) in [7, 11) is 1.00. The van der Waals surface area contributed by atoms with Crippen molar-refractivity contribution < 1.29 is 9.84 Å². The third-order valence-electron chi connectivity index (χ3n) is 3.24. The fourth-order valence-corrected chi connectivity index (χ4v) is 2.27. The van der Waals surface area contributed by atoms with Crippen LogP contribution in [0.15, 0.2) is 12.7 Å². The van der Waals surface area contributed by atoms with Gasteiger partial charge < -0.3 is 15.6 Å². The lowest BCUT2D eigenvalue weighted by atomic mass is 10.2. The van der Waals surface area contributed by atoms with Gasteiger partial charge in [0.25, 0.3) is 0 Å². The van der Waals surface area contributed by atoms with E-state index in [1.54, 1.807) is 6.33 Å². The van der Waals surface area contributed by atoms with E-state index in [1.165, 1.54) is 6.33 Å². The lowest BCUT2D eigenvalue weighted by Crippen LogP contribution is -2.10. The molecule has 2 atom stereocenters. The highest BCUT2D eigenvalue weighted by Crippen LogP contribution is 2.31. The van der Waals surface area contributed by atoms with Crippen molar-refractivity contribution >= 4 is 17.0 Å². The van der Waals surface area contributed by atoms with Gasteiger partial charge in [-0.2, -0.15) is 0 Å². The quantitative estimate of drug-likeness (QED) is 0.880. The molecule has 0 saturated carbocycles. The van der Waals surface area contributed by atoms with Crippen LogP contribution in [0.3, 0.4) is 0 Å². The van der Waals surface area contributed by atoms with Crippen LogP contribution in [0.5, 0.6) is 0 Å². The number of nitrogens with zero attached hydrogens (tertiary/aromatic N) is 4. The van der Waals surface area contributed by atoms with E-state index in [0.29, 0.717) is 17.4 Å². The average Bonchev–Trinajstić information content (AvgIpc) is 3.18. The monoisotopic (exact) mass is 295 g/mol. The molecule has 7 nitrogen and oxygen atoms in total. The zero-order chi connectivity index (χ0) is 15.8. The molecule has 1 aliphatic heterocycles. The summed E-state index contributed by atoms with van der Waals surface area (Å²) in [5.74, 6) is 0.416. The van der Waals surface area contributed by atoms with Crippen molar-refractivity contribution in [2.75, 3.05) is 12.8 Å². The first-order chi connectivity index (χ1) is 10.3. The number of imidazole rings is 1. The van der Waals surface area contributed by atoms with Crippen LogP contribution in [-0.4, -0.2) is 37.8 Å². The summed E-state index contributed by atoms with van der Waals surface area (Å²) >= 11 is 0. The number of rotatable bonds is 2. The number of aromatic nitrogens is 4. The number of hydrogen-bond acceptors (Lipinski definition) is 6. The van der Waals surface area contributed by atoms with Crippen molar-refractivity contribution in [3.05, 3.63) is 12.7 Å². The third-order valence-corrected chi connectivity index (χ3v) is 3.24. The summed E-state index contributed by atoms with van der Waals surface area (Å²) in [6.07, 6.45) is 6.69. The van der Waals surface area contributed by atoms with Crippen LogP contribution in [-0.2, 0) is 4.74 Å². The largest absolute Gasteiger partial charge is 0.400 e. The van der Waals surface area contributed by atoms with E-state index >= 15 is 0 Å². The highest BCUT2D eigenvalue weighted by atomic mass is 16.5. The second kappa shape index (κ2) is 8.53. The molecule has 1 saturated heterocycles. The molecule has 1 aliphatic rings. The van der Waals surface area contributed by atoms with E-state index in [9.17, 15) is 0 Å². The molecule has 0 amide bonds. The number of anilines is 1. The topological polar surface area (TPSA) is 99.1 Å². The molecule has 21 heavy (non-hydrogen) atoms. The first-order valence-corrected chi connectivity index (χ1v) is 7.32. The molecular weight excluding hydrogens is 270 g/mol. The van der Waals surface area contributed by atoms with Gasteiger partial charge in [-0.05, 0) is 19.3 Å². The number of ether oxygens (including phenoxy) is 1. The standard InChI is InChI=1S/C11H15N5O.C2H6.CH4O/c1-2-7-3-4-8(17-7)16-6-15-9-10(12)13-5-14-11(9)16;2*1-2/h5-8H,2-4H2,1H3,(H2,12,13,14);1-2H3;2H,1H3. The maximum atomic E-state index is 7.00. The Kier molecular flexibility index (Phi) is 7.04. The highest BCUT2D eigenvalue weighted by Gasteiger charge is 2.26. The van der Waals surface area contributed by atoms with Crippen LogP contribution in [0.4, 0.5) is 5.82 Å². The first-order valence-electron chi connectivity index (χ1n) is 7.32. The van der Waals surface area contributed by atoms with Gasteiger partial charge in [0.1, 0.15) is 18.1 Å². The Labute approximate surface area is 125 Å². The summed E-state index contributed by atoms with van der Waals surface area (Å²) in [6, 6.07) is 0. The van der Waals surface area contributed by atoms with Gasteiger partial charge in [0, 0.05) is 7.11 Å². The summed E-state index contributed by atoms with van der Waals surface area (Å²) in [5, 5.41) is 7.00. The Morgan fingerprint density at radius 2 is 2.00 bits per heavy atom. The molecule has 0 aromatic carbocycles. The Balaban J connectivity index is 0.000000510. The molecule has 0 spiro atoms. The van der Waals surface area contributed by atoms with Crippen molar-refractivity contribution in [1.29, 1.82) is 0 Å². The van der Waals surface area contributed by atoms with Gasteiger partial charge in [-0.3, -0.25) is 4.57 Å². The van der Waals surface area contributed by atoms with Crippen molar-refractivity contribution in [3.8, 4) is 0 Å². The molecular formula is C14H25N5O2. The summed E-state index contributed by atoms with van der Waals surface area (Å²) in [5.41, 5.74) is 7.15. The van der Waals surface area contributed by atoms with Crippen molar-refractivity contribution in [1.82, 2.24) is 19.5 Å². The smallest absolute Gasteiger partial charge is 0.167 e. The van der Waals surface area contributed by atoms with E-state index in [4.69, 9.17) is 15.6 Å². The van der Waals surface area contributed by atoms with Gasteiger partial charge in [-0.1, -0.05) is 20.8 Å². The molecule has 3 rings (SSSR count). The second-order valence-electron chi connectivity index (χ2n) is 4.28. The fourth-order valence-electron chi connectivity index (χ4n) is 2.27. The van der Waals surface area contributed by atoms with Gasteiger partial charge in [-0.15, -0.1) is 0 Å². The molecule has 1 fully saturated rings. The molecule has 2 unspecified atom stereocenters. The first kappa shape index (κ1) is 17.3. The molecule has 3 N–H and O–H groups in total. The minimum absolute atomic E-state index is 0.0271. The zero-order valence-corrected chi connectivity index (χ0v) is 13.2. The molecule has 2 aromatic rings. The molecule has 2 aromatic heterocycles. The van der Waals surface area contributed by atoms with Crippen LogP contribution in [0, 0.1) is 0 Å². The average molecular weight is 295 g/mol. The minimum atomic E-state index is 0.0271. The Morgan fingerprint density at radius 1 is 1.29 bits per heavy atom. The van der Waals surface area contributed by atoms with Crippen LogP contribution < -0.4 is 5.73 Å². The Bertz CT molecular complexity index is 543. The van der Waals surface area contributed by atoms with Crippen LogP contribution in [0.25, 0.3) is 11.2 Å². The Morgan fingerprint density at radius 3 is 2.62 bits per heavy atom. The zero-order valence-electron chi connectivity index (χ0n) is 13.2. The summed E-state index contributed by atoms with van der Waals surface area (Å²) in [6.45, 7) is 6.14. The van der Waals surface area contributed by atoms with E-state index in [2.05, 4.69) is 21.9 Å². The maximum Gasteiger partial charge on any atom is 0.167 e. The summed E-state index contributed by atoms with van der Waals surface area (Å²) < 4.78 is 7.87. The predicted molar refractivity (Wildman–Crippen MR) is 82.7 cm³/mol. The normalized spacial score (nSPS) is 20.4. The molecule has 118 valence electrons. The van der Waals surface area contributed by atoms with Gasteiger partial charge in [-0.25, -0.2) is 15.0 Å². The Hall–Kier alpha value is -1.73. The van der Waals surface area contributed by atoms with Crippen LogP contribution >= 0.6 is 0 Å². The van der Waals surface area contributed by atoms with E-state index in [-0.39, 0.29) is 6.23 Å². The van der Waals surface area contributed by atoms with Gasteiger partial charge in [0.05, 0.1) is 12.4 Å². The number of fused-ring (bicyclic) bond motifs is 1. The molecule has 0 bridgehead atoms. The van der Waals surface area contributed by atoms with E-state index in [0.717, 1.165) is 32.0 Å². The van der Waals surface area contributed by atoms with Crippen molar-refractivity contribution in [2.24, 2.45) is 0 Å². The van der Waals surface area contributed by atoms with Crippen LogP contribution in [0.2, 0.25) is 0 Å². The van der Waals surface area contributed by atoms with Crippen molar-refractivity contribution in [2.45, 2.75) is 52.4 Å². The lowest BCUT2D eigenvalue weighted by Gasteiger charge is -2.13. The SMILES string of the molecule is CC.CCC1CCC(n2cnc3c(N)ncnc32)O1.CO. The summed E-state index contributed by atoms with van der Waals surface area (Å²) in [4.78, 5) is 12.4. The third kappa shape index (κ3) is 3.68. The highest BCUT2D eigenvalue weighted by molar-refractivity contribution is 5.81. The number of nitrogens with two attached hydrogens (primary N) is 1. The van der Waals surface area contributed by atoms with Crippen LogP contribution in [0.1, 0.15) is 46.3 Å². The van der Waals surface area contributed by atoms with Gasteiger partial charge in [0.2, 0.25) is 0 Å². The van der Waals surface area contributed by atoms with Crippen molar-refractivity contribution in [3.63, 3.8) is 0 Å². The number of aliphatic hydroxyl groups excluding tert-OH is 1. The minimum Gasteiger partial charge on any atom is -0.400 e. The second-order valence-corrected chi connectivity index (χ2v) is 4.28. The fraction of sp³-hybridized carbons (Fsp3) is 0.643. The number of aliphatic hydroxyl groups is 1. The van der Waals surface area contributed by atoms with Gasteiger partial charge in [0.15, 0.2) is 11.5 Å². The molecule has 3 heterocycles. The molecule has 0 radical (unpaired) electrons. The number of nitrogen functional groups attached to an aromatic ring is 1. The predicted octanol–water partition coefficient (Wildman–Crippen LogP) is 2.13. The molecule has 0 aliphatic carbocycles. The van der Waals surface area contributed by atoms with Gasteiger partial charge >= 0.3 is 0 Å². The maximum absolute atomic E-state index is 7.00.